The van der Waals surface area contributed by atoms with Gasteiger partial charge in [-0.2, -0.15) is 0 Å². The summed E-state index contributed by atoms with van der Waals surface area (Å²) in [4.78, 5) is 11.7. The van der Waals surface area contributed by atoms with Crippen LogP contribution in [0.1, 0.15) is 19.8 Å². The van der Waals surface area contributed by atoms with Gasteiger partial charge in [0, 0.05) is 0 Å². The van der Waals surface area contributed by atoms with E-state index in [2.05, 4.69) is 5.32 Å². The van der Waals surface area contributed by atoms with Gasteiger partial charge < -0.3 is 10.1 Å². The standard InChI is InChI=1S/C12H14ClNO2/c1-2-16-11(15)12(7-8-12)14-10-6-4-3-5-9(10)13/h3-6,14H,2,7-8H2,1H3. The highest BCUT2D eigenvalue weighted by atomic mass is 35.5. The van der Waals surface area contributed by atoms with Crippen LogP contribution in [-0.4, -0.2) is 18.1 Å². The van der Waals surface area contributed by atoms with Crippen molar-refractivity contribution >= 4 is 23.3 Å². The van der Waals surface area contributed by atoms with Gasteiger partial charge >= 0.3 is 5.97 Å². The molecule has 1 saturated carbocycles. The minimum Gasteiger partial charge on any atom is -0.464 e. The number of esters is 1. The fraction of sp³-hybridized carbons (Fsp3) is 0.417. The Morgan fingerprint density at radius 3 is 2.75 bits per heavy atom. The molecule has 0 aliphatic heterocycles. The van der Waals surface area contributed by atoms with Crippen molar-refractivity contribution in [1.29, 1.82) is 0 Å². The molecule has 86 valence electrons. The van der Waals surface area contributed by atoms with Crippen LogP contribution in [-0.2, 0) is 9.53 Å². The summed E-state index contributed by atoms with van der Waals surface area (Å²) in [5.74, 6) is -0.185. The lowest BCUT2D eigenvalue weighted by molar-refractivity contribution is -0.145. The average Bonchev–Trinajstić information content (AvgIpc) is 3.03. The molecule has 0 amide bonds. The van der Waals surface area contributed by atoms with Gasteiger partial charge in [-0.25, -0.2) is 4.79 Å². The van der Waals surface area contributed by atoms with E-state index in [1.54, 1.807) is 6.07 Å². The molecule has 0 atom stereocenters. The first-order valence-corrected chi connectivity index (χ1v) is 5.76. The zero-order valence-electron chi connectivity index (χ0n) is 9.13. The topological polar surface area (TPSA) is 38.3 Å². The van der Waals surface area contributed by atoms with Gasteiger partial charge in [-0.05, 0) is 31.9 Å². The molecule has 4 heteroatoms. The number of carbonyl (C=O) groups is 1. The summed E-state index contributed by atoms with van der Waals surface area (Å²) < 4.78 is 5.04. The summed E-state index contributed by atoms with van der Waals surface area (Å²) in [6.45, 7) is 2.22. The molecule has 1 aliphatic rings. The van der Waals surface area contributed by atoms with Gasteiger partial charge in [-0.15, -0.1) is 0 Å². The Kier molecular flexibility index (Phi) is 3.06. The van der Waals surface area contributed by atoms with Crippen LogP contribution in [0.2, 0.25) is 5.02 Å². The van der Waals surface area contributed by atoms with Crippen LogP contribution in [0, 0.1) is 0 Å². The van der Waals surface area contributed by atoms with E-state index in [1.165, 1.54) is 0 Å². The third-order valence-corrected chi connectivity index (χ3v) is 2.99. The Morgan fingerprint density at radius 1 is 1.50 bits per heavy atom. The number of nitrogens with one attached hydrogen (secondary N) is 1. The van der Waals surface area contributed by atoms with E-state index in [4.69, 9.17) is 16.3 Å². The SMILES string of the molecule is CCOC(=O)C1(Nc2ccccc2Cl)CC1. The highest BCUT2D eigenvalue weighted by molar-refractivity contribution is 6.33. The maximum atomic E-state index is 11.7. The maximum absolute atomic E-state index is 11.7. The molecule has 1 aliphatic carbocycles. The van der Waals surface area contributed by atoms with Gasteiger partial charge in [0.05, 0.1) is 17.3 Å². The summed E-state index contributed by atoms with van der Waals surface area (Å²) in [5.41, 5.74) is 0.246. The van der Waals surface area contributed by atoms with Gasteiger partial charge in [0.2, 0.25) is 0 Å². The van der Waals surface area contributed by atoms with Crippen molar-refractivity contribution in [2.24, 2.45) is 0 Å². The van der Waals surface area contributed by atoms with Crippen molar-refractivity contribution in [1.82, 2.24) is 0 Å². The number of para-hydroxylation sites is 1. The smallest absolute Gasteiger partial charge is 0.331 e. The molecular formula is C12H14ClNO2. The average molecular weight is 240 g/mol. The monoisotopic (exact) mass is 239 g/mol. The maximum Gasteiger partial charge on any atom is 0.331 e. The summed E-state index contributed by atoms with van der Waals surface area (Å²) in [6.07, 6.45) is 1.61. The van der Waals surface area contributed by atoms with Crippen LogP contribution >= 0.6 is 11.6 Å². The number of halogens is 1. The van der Waals surface area contributed by atoms with Crippen LogP contribution in [0.5, 0.6) is 0 Å². The van der Waals surface area contributed by atoms with Crippen LogP contribution in [0.25, 0.3) is 0 Å². The first kappa shape index (κ1) is 11.3. The molecule has 2 rings (SSSR count). The predicted octanol–water partition coefficient (Wildman–Crippen LogP) is 2.85. The largest absolute Gasteiger partial charge is 0.464 e. The minimum absolute atomic E-state index is 0.185. The highest BCUT2D eigenvalue weighted by Gasteiger charge is 2.51. The molecule has 0 heterocycles. The van der Waals surface area contributed by atoms with Crippen LogP contribution in [0.15, 0.2) is 24.3 Å². The number of benzene rings is 1. The van der Waals surface area contributed by atoms with E-state index < -0.39 is 5.54 Å². The molecule has 0 bridgehead atoms. The molecule has 1 aromatic carbocycles. The van der Waals surface area contributed by atoms with Crippen molar-refractivity contribution in [3.05, 3.63) is 29.3 Å². The van der Waals surface area contributed by atoms with Crippen LogP contribution in [0.4, 0.5) is 5.69 Å². The third kappa shape index (κ3) is 2.14. The molecule has 3 nitrogen and oxygen atoms in total. The summed E-state index contributed by atoms with van der Waals surface area (Å²) >= 11 is 6.03. The summed E-state index contributed by atoms with van der Waals surface area (Å²) in [7, 11) is 0. The third-order valence-electron chi connectivity index (χ3n) is 2.66. The summed E-state index contributed by atoms with van der Waals surface area (Å²) in [6, 6.07) is 7.40. The second kappa shape index (κ2) is 4.34. The first-order chi connectivity index (χ1) is 7.68. The van der Waals surface area contributed by atoms with Crippen molar-refractivity contribution in [2.75, 3.05) is 11.9 Å². The molecule has 0 radical (unpaired) electrons. The Balaban J connectivity index is 2.10. The van der Waals surface area contributed by atoms with Gasteiger partial charge in [0.1, 0.15) is 5.54 Å². The summed E-state index contributed by atoms with van der Waals surface area (Å²) in [5, 5.41) is 3.80. The number of hydrogen-bond acceptors (Lipinski definition) is 3. The predicted molar refractivity (Wildman–Crippen MR) is 63.7 cm³/mol. The lowest BCUT2D eigenvalue weighted by atomic mass is 10.2. The number of ether oxygens (including phenoxy) is 1. The van der Waals surface area contributed by atoms with Gasteiger partial charge in [0.15, 0.2) is 0 Å². The Hall–Kier alpha value is -1.22. The number of anilines is 1. The Morgan fingerprint density at radius 2 is 2.19 bits per heavy atom. The van der Waals surface area contributed by atoms with Gasteiger partial charge in [0.25, 0.3) is 0 Å². The fourth-order valence-corrected chi connectivity index (χ4v) is 1.78. The molecule has 1 N–H and O–H groups in total. The van der Waals surface area contributed by atoms with E-state index >= 15 is 0 Å². The second-order valence-electron chi connectivity index (χ2n) is 3.91. The van der Waals surface area contributed by atoms with Crippen LogP contribution in [0.3, 0.4) is 0 Å². The van der Waals surface area contributed by atoms with Crippen molar-refractivity contribution in [3.8, 4) is 0 Å². The lowest BCUT2D eigenvalue weighted by Gasteiger charge is -2.17. The molecular weight excluding hydrogens is 226 g/mol. The molecule has 1 aromatic rings. The lowest BCUT2D eigenvalue weighted by Crippen LogP contribution is -2.33. The quantitative estimate of drug-likeness (QED) is 0.822. The van der Waals surface area contributed by atoms with E-state index in [9.17, 15) is 4.79 Å². The molecule has 0 unspecified atom stereocenters. The van der Waals surface area contributed by atoms with Crippen molar-refractivity contribution in [2.45, 2.75) is 25.3 Å². The van der Waals surface area contributed by atoms with E-state index in [0.717, 1.165) is 18.5 Å². The molecule has 0 saturated heterocycles. The van der Waals surface area contributed by atoms with E-state index in [1.807, 2.05) is 25.1 Å². The zero-order valence-corrected chi connectivity index (χ0v) is 9.88. The molecule has 16 heavy (non-hydrogen) atoms. The number of rotatable bonds is 4. The number of carbonyl (C=O) groups excluding carboxylic acids is 1. The molecule has 0 aromatic heterocycles. The Labute approximate surface area is 99.7 Å². The fourth-order valence-electron chi connectivity index (χ4n) is 1.59. The second-order valence-corrected chi connectivity index (χ2v) is 4.31. The van der Waals surface area contributed by atoms with Crippen molar-refractivity contribution in [3.63, 3.8) is 0 Å². The van der Waals surface area contributed by atoms with Gasteiger partial charge in [-0.3, -0.25) is 0 Å². The first-order valence-electron chi connectivity index (χ1n) is 5.38. The molecule has 0 spiro atoms. The van der Waals surface area contributed by atoms with E-state index in [-0.39, 0.29) is 5.97 Å². The number of hydrogen-bond donors (Lipinski definition) is 1. The molecule has 1 fully saturated rings. The highest BCUT2D eigenvalue weighted by Crippen LogP contribution is 2.41. The van der Waals surface area contributed by atoms with Crippen molar-refractivity contribution < 1.29 is 9.53 Å². The zero-order chi connectivity index (χ0) is 11.6. The van der Waals surface area contributed by atoms with Crippen LogP contribution < -0.4 is 5.32 Å². The van der Waals surface area contributed by atoms with Gasteiger partial charge in [-0.1, -0.05) is 23.7 Å². The van der Waals surface area contributed by atoms with E-state index in [0.29, 0.717) is 11.6 Å². The normalized spacial score (nSPS) is 16.6. The minimum atomic E-state index is -0.541. The Bertz CT molecular complexity index is 402.